The Labute approximate surface area is 106 Å². The van der Waals surface area contributed by atoms with Crippen molar-refractivity contribution >= 4 is 34.1 Å². The standard InChI is InChI=1S/C12H9ClF2N2O/c13-8-6-16-12-7(8)2-1-3-9(12)17-11(18)5-4-10(14)15/h1-6,10,16H,(H,17,18). The third kappa shape index (κ3) is 2.68. The van der Waals surface area contributed by atoms with Gasteiger partial charge in [-0.05, 0) is 12.1 Å². The second-order valence-electron chi connectivity index (χ2n) is 3.55. The molecule has 2 rings (SSSR count). The summed E-state index contributed by atoms with van der Waals surface area (Å²) in [5, 5.41) is 3.79. The maximum absolute atomic E-state index is 11.9. The molecule has 0 fully saturated rings. The molecule has 1 aromatic carbocycles. The molecule has 0 bridgehead atoms. The number of alkyl halides is 2. The Morgan fingerprint density at radius 1 is 1.44 bits per heavy atom. The van der Waals surface area contributed by atoms with Crippen LogP contribution < -0.4 is 5.32 Å². The minimum absolute atomic E-state index is 0.489. The van der Waals surface area contributed by atoms with E-state index in [4.69, 9.17) is 11.6 Å². The van der Waals surface area contributed by atoms with Crippen LogP contribution in [0.3, 0.4) is 0 Å². The zero-order chi connectivity index (χ0) is 13.1. The molecule has 3 nitrogen and oxygen atoms in total. The van der Waals surface area contributed by atoms with Gasteiger partial charge in [0.2, 0.25) is 5.91 Å². The molecule has 0 atom stereocenters. The number of carbonyl (C=O) groups is 1. The average molecular weight is 271 g/mol. The van der Waals surface area contributed by atoms with E-state index in [1.165, 1.54) is 0 Å². The molecule has 6 heteroatoms. The zero-order valence-corrected chi connectivity index (χ0v) is 9.84. The molecule has 0 aliphatic heterocycles. The fraction of sp³-hybridized carbons (Fsp3) is 0.0833. The summed E-state index contributed by atoms with van der Waals surface area (Å²) in [6, 6.07) is 5.16. The van der Waals surface area contributed by atoms with Crippen molar-refractivity contribution in [2.75, 3.05) is 5.32 Å². The lowest BCUT2D eigenvalue weighted by Crippen LogP contribution is -2.08. The van der Waals surface area contributed by atoms with E-state index in [1.54, 1.807) is 24.4 Å². The summed E-state index contributed by atoms with van der Waals surface area (Å²) in [4.78, 5) is 14.3. The van der Waals surface area contributed by atoms with E-state index in [2.05, 4.69) is 10.3 Å². The van der Waals surface area contributed by atoms with Gasteiger partial charge in [-0.25, -0.2) is 8.78 Å². The van der Waals surface area contributed by atoms with Crippen molar-refractivity contribution in [3.05, 3.63) is 41.6 Å². The van der Waals surface area contributed by atoms with E-state index in [9.17, 15) is 13.6 Å². The lowest BCUT2D eigenvalue weighted by Gasteiger charge is -2.03. The number of halogens is 3. The van der Waals surface area contributed by atoms with Crippen molar-refractivity contribution < 1.29 is 13.6 Å². The van der Waals surface area contributed by atoms with Gasteiger partial charge in [-0.2, -0.15) is 0 Å². The van der Waals surface area contributed by atoms with Crippen LogP contribution in [0.15, 0.2) is 36.5 Å². The summed E-state index contributed by atoms with van der Waals surface area (Å²) in [5.74, 6) is -0.617. The summed E-state index contributed by atoms with van der Waals surface area (Å²) in [7, 11) is 0. The van der Waals surface area contributed by atoms with E-state index in [0.717, 1.165) is 11.5 Å². The fourth-order valence-corrected chi connectivity index (χ4v) is 1.77. The first-order valence-electron chi connectivity index (χ1n) is 5.11. The van der Waals surface area contributed by atoms with Gasteiger partial charge in [0.25, 0.3) is 6.43 Å². The van der Waals surface area contributed by atoms with Crippen LogP contribution in [-0.4, -0.2) is 17.3 Å². The van der Waals surface area contributed by atoms with Gasteiger partial charge in [0, 0.05) is 17.7 Å². The predicted molar refractivity (Wildman–Crippen MR) is 67.1 cm³/mol. The number of allylic oxidation sites excluding steroid dienone is 1. The number of fused-ring (bicyclic) bond motifs is 1. The topological polar surface area (TPSA) is 44.9 Å². The Morgan fingerprint density at radius 3 is 2.94 bits per heavy atom. The van der Waals surface area contributed by atoms with E-state index in [1.807, 2.05) is 0 Å². The van der Waals surface area contributed by atoms with Crippen LogP contribution in [0.2, 0.25) is 5.02 Å². The number of hydrogen-bond donors (Lipinski definition) is 2. The number of hydrogen-bond acceptors (Lipinski definition) is 1. The normalized spacial score (nSPS) is 11.6. The van der Waals surface area contributed by atoms with Gasteiger partial charge in [-0.1, -0.05) is 23.7 Å². The lowest BCUT2D eigenvalue weighted by molar-refractivity contribution is -0.112. The second kappa shape index (κ2) is 5.18. The average Bonchev–Trinajstić information content (AvgIpc) is 2.70. The number of aromatic nitrogens is 1. The zero-order valence-electron chi connectivity index (χ0n) is 9.08. The third-order valence-corrected chi connectivity index (χ3v) is 2.63. The molecule has 0 unspecified atom stereocenters. The summed E-state index contributed by atoms with van der Waals surface area (Å²) < 4.78 is 23.8. The summed E-state index contributed by atoms with van der Waals surface area (Å²) >= 11 is 5.93. The Balaban J connectivity index is 2.24. The smallest absolute Gasteiger partial charge is 0.257 e. The van der Waals surface area contributed by atoms with E-state index >= 15 is 0 Å². The first kappa shape index (κ1) is 12.6. The molecule has 0 spiro atoms. The molecule has 18 heavy (non-hydrogen) atoms. The van der Waals surface area contributed by atoms with E-state index in [0.29, 0.717) is 22.3 Å². The van der Waals surface area contributed by atoms with Crippen molar-refractivity contribution in [1.29, 1.82) is 0 Å². The van der Waals surface area contributed by atoms with Crippen LogP contribution in [-0.2, 0) is 4.79 Å². The van der Waals surface area contributed by atoms with Crippen LogP contribution in [0, 0.1) is 0 Å². The minimum Gasteiger partial charge on any atom is -0.358 e. The molecule has 0 saturated carbocycles. The van der Waals surface area contributed by atoms with Gasteiger partial charge < -0.3 is 10.3 Å². The Kier molecular flexibility index (Phi) is 3.62. The number of anilines is 1. The quantitative estimate of drug-likeness (QED) is 0.823. The highest BCUT2D eigenvalue weighted by Crippen LogP contribution is 2.28. The van der Waals surface area contributed by atoms with Crippen molar-refractivity contribution in [3.63, 3.8) is 0 Å². The Morgan fingerprint density at radius 2 is 2.22 bits per heavy atom. The van der Waals surface area contributed by atoms with E-state index < -0.39 is 12.3 Å². The maximum Gasteiger partial charge on any atom is 0.257 e. The third-order valence-electron chi connectivity index (χ3n) is 2.32. The molecule has 0 aliphatic rings. The van der Waals surface area contributed by atoms with E-state index in [-0.39, 0.29) is 0 Å². The molecule has 0 aliphatic carbocycles. The molecule has 1 heterocycles. The Hall–Kier alpha value is -1.88. The number of carbonyl (C=O) groups excluding carboxylic acids is 1. The van der Waals surface area contributed by atoms with Gasteiger partial charge >= 0.3 is 0 Å². The second-order valence-corrected chi connectivity index (χ2v) is 3.95. The maximum atomic E-state index is 11.9. The molecule has 2 aromatic rings. The van der Waals surface area contributed by atoms with Gasteiger partial charge in [-0.3, -0.25) is 4.79 Å². The summed E-state index contributed by atoms with van der Waals surface area (Å²) in [6.45, 7) is 0. The van der Waals surface area contributed by atoms with Crippen molar-refractivity contribution in [1.82, 2.24) is 4.98 Å². The summed E-state index contributed by atoms with van der Waals surface area (Å²) in [6.07, 6.45) is 0.272. The molecular weight excluding hydrogens is 262 g/mol. The fourth-order valence-electron chi connectivity index (χ4n) is 1.56. The van der Waals surface area contributed by atoms with Gasteiger partial charge in [0.05, 0.1) is 16.2 Å². The molecule has 0 saturated heterocycles. The number of amides is 1. The Bertz CT molecular complexity index is 607. The highest BCUT2D eigenvalue weighted by atomic mass is 35.5. The highest BCUT2D eigenvalue weighted by Gasteiger charge is 2.07. The highest BCUT2D eigenvalue weighted by molar-refractivity contribution is 6.36. The van der Waals surface area contributed by atoms with Crippen LogP contribution in [0.5, 0.6) is 0 Å². The largest absolute Gasteiger partial charge is 0.358 e. The first-order chi connectivity index (χ1) is 8.58. The number of rotatable bonds is 3. The van der Waals surface area contributed by atoms with Crippen LogP contribution in [0.25, 0.3) is 10.9 Å². The van der Waals surface area contributed by atoms with Gasteiger partial charge in [0.1, 0.15) is 0 Å². The molecule has 2 N–H and O–H groups in total. The van der Waals surface area contributed by atoms with Crippen molar-refractivity contribution in [2.24, 2.45) is 0 Å². The molecule has 0 radical (unpaired) electrons. The number of benzene rings is 1. The van der Waals surface area contributed by atoms with Crippen molar-refractivity contribution in [3.8, 4) is 0 Å². The van der Waals surface area contributed by atoms with Crippen LogP contribution >= 0.6 is 11.6 Å². The molecule has 94 valence electrons. The number of aromatic amines is 1. The number of nitrogens with one attached hydrogen (secondary N) is 2. The number of para-hydroxylation sites is 1. The predicted octanol–water partition coefficient (Wildman–Crippen LogP) is 3.58. The monoisotopic (exact) mass is 270 g/mol. The van der Waals surface area contributed by atoms with Crippen molar-refractivity contribution in [2.45, 2.75) is 6.43 Å². The number of H-pyrrole nitrogens is 1. The SMILES string of the molecule is O=C(C=CC(F)F)Nc1cccc2c(Cl)c[nH]c12. The summed E-state index contributed by atoms with van der Waals surface area (Å²) in [5.41, 5.74) is 1.14. The molecule has 1 aromatic heterocycles. The minimum atomic E-state index is -2.65. The van der Waals surface area contributed by atoms with Crippen LogP contribution in [0.4, 0.5) is 14.5 Å². The van der Waals surface area contributed by atoms with Gasteiger partial charge in [-0.15, -0.1) is 0 Å². The molecule has 1 amide bonds. The van der Waals surface area contributed by atoms with Gasteiger partial charge in [0.15, 0.2) is 0 Å². The lowest BCUT2D eigenvalue weighted by atomic mass is 10.2. The van der Waals surface area contributed by atoms with Crippen LogP contribution in [0.1, 0.15) is 0 Å². The first-order valence-corrected chi connectivity index (χ1v) is 5.48. The molecular formula is C12H9ClF2N2O.